The van der Waals surface area contributed by atoms with Crippen LogP contribution >= 0.6 is 0 Å². The largest absolute Gasteiger partial charge is 0.454 e. The summed E-state index contributed by atoms with van der Waals surface area (Å²) in [6, 6.07) is 8.91. The number of benzene rings is 1. The predicted octanol–water partition coefficient (Wildman–Crippen LogP) is 3.17. The molecule has 0 aliphatic rings. The summed E-state index contributed by atoms with van der Waals surface area (Å²) in [6.45, 7) is 5.85. The average Bonchev–Trinajstić information content (AvgIpc) is 2.83. The van der Waals surface area contributed by atoms with E-state index in [1.54, 1.807) is 12.1 Å². The SMILES string of the molecule is Cc1ccc(NC(=O)c2ccc(C(C)N)o2)cc1C. The number of hydrogen-bond donors (Lipinski definition) is 2. The number of nitrogens with one attached hydrogen (secondary N) is 1. The van der Waals surface area contributed by atoms with Gasteiger partial charge in [-0.25, -0.2) is 0 Å². The molecule has 0 saturated carbocycles. The molecule has 1 amide bonds. The first kappa shape index (κ1) is 13.4. The lowest BCUT2D eigenvalue weighted by Crippen LogP contribution is -2.11. The highest BCUT2D eigenvalue weighted by Crippen LogP contribution is 2.18. The van der Waals surface area contributed by atoms with Gasteiger partial charge in [0.25, 0.3) is 5.91 Å². The minimum absolute atomic E-state index is 0.219. The first-order valence-corrected chi connectivity index (χ1v) is 6.21. The van der Waals surface area contributed by atoms with E-state index in [-0.39, 0.29) is 17.7 Å². The van der Waals surface area contributed by atoms with Crippen molar-refractivity contribution in [2.24, 2.45) is 5.73 Å². The molecule has 1 aromatic heterocycles. The lowest BCUT2D eigenvalue weighted by Gasteiger charge is -2.06. The second kappa shape index (κ2) is 5.28. The molecule has 0 radical (unpaired) electrons. The minimum atomic E-state index is -0.268. The van der Waals surface area contributed by atoms with E-state index in [1.165, 1.54) is 5.56 Å². The van der Waals surface area contributed by atoms with Gasteiger partial charge in [0, 0.05) is 5.69 Å². The third-order valence-corrected chi connectivity index (χ3v) is 3.06. The zero-order valence-corrected chi connectivity index (χ0v) is 11.4. The van der Waals surface area contributed by atoms with Gasteiger partial charge >= 0.3 is 0 Å². The summed E-state index contributed by atoms with van der Waals surface area (Å²) in [5.74, 6) is 0.603. The molecule has 0 spiro atoms. The maximum Gasteiger partial charge on any atom is 0.291 e. The molecular weight excluding hydrogens is 240 g/mol. The van der Waals surface area contributed by atoms with Crippen LogP contribution in [-0.4, -0.2) is 5.91 Å². The van der Waals surface area contributed by atoms with Crippen LogP contribution in [0.5, 0.6) is 0 Å². The van der Waals surface area contributed by atoms with Crippen LogP contribution in [0, 0.1) is 13.8 Å². The van der Waals surface area contributed by atoms with E-state index in [9.17, 15) is 4.79 Å². The van der Waals surface area contributed by atoms with Gasteiger partial charge in [0.2, 0.25) is 0 Å². The normalized spacial score (nSPS) is 12.2. The van der Waals surface area contributed by atoms with E-state index in [2.05, 4.69) is 5.32 Å². The van der Waals surface area contributed by atoms with E-state index in [1.807, 2.05) is 39.0 Å². The van der Waals surface area contributed by atoms with Crippen LogP contribution in [0.3, 0.4) is 0 Å². The van der Waals surface area contributed by atoms with Crippen molar-refractivity contribution < 1.29 is 9.21 Å². The molecule has 1 unspecified atom stereocenters. The molecule has 1 heterocycles. The van der Waals surface area contributed by atoms with Crippen molar-refractivity contribution in [2.75, 3.05) is 5.32 Å². The van der Waals surface area contributed by atoms with E-state index in [4.69, 9.17) is 10.2 Å². The summed E-state index contributed by atoms with van der Waals surface area (Å²) in [4.78, 5) is 12.0. The summed E-state index contributed by atoms with van der Waals surface area (Å²) in [7, 11) is 0. The second-order valence-corrected chi connectivity index (χ2v) is 4.74. The van der Waals surface area contributed by atoms with E-state index in [0.717, 1.165) is 11.3 Å². The topological polar surface area (TPSA) is 68.3 Å². The maximum atomic E-state index is 12.0. The number of anilines is 1. The fraction of sp³-hybridized carbons (Fsp3) is 0.267. The van der Waals surface area contributed by atoms with Gasteiger partial charge in [-0.1, -0.05) is 6.07 Å². The van der Waals surface area contributed by atoms with Gasteiger partial charge in [0.05, 0.1) is 6.04 Å². The molecule has 3 N–H and O–H groups in total. The van der Waals surface area contributed by atoms with Gasteiger partial charge in [0.1, 0.15) is 5.76 Å². The average molecular weight is 258 g/mol. The van der Waals surface area contributed by atoms with Gasteiger partial charge in [-0.3, -0.25) is 4.79 Å². The Morgan fingerprint density at radius 2 is 1.95 bits per heavy atom. The highest BCUT2D eigenvalue weighted by molar-refractivity contribution is 6.02. The number of aryl methyl sites for hydroxylation is 2. The smallest absolute Gasteiger partial charge is 0.291 e. The molecular formula is C15H18N2O2. The van der Waals surface area contributed by atoms with Crippen molar-refractivity contribution in [3.05, 3.63) is 53.0 Å². The fourth-order valence-corrected chi connectivity index (χ4v) is 1.73. The van der Waals surface area contributed by atoms with Crippen molar-refractivity contribution in [1.82, 2.24) is 0 Å². The van der Waals surface area contributed by atoms with Crippen LogP contribution in [-0.2, 0) is 0 Å². The minimum Gasteiger partial charge on any atom is -0.454 e. The molecule has 1 aromatic carbocycles. The molecule has 0 bridgehead atoms. The summed E-state index contributed by atoms with van der Waals surface area (Å²) in [6.07, 6.45) is 0. The second-order valence-electron chi connectivity index (χ2n) is 4.74. The van der Waals surface area contributed by atoms with Gasteiger partial charge < -0.3 is 15.5 Å². The summed E-state index contributed by atoms with van der Waals surface area (Å²) in [5.41, 5.74) is 8.77. The Labute approximate surface area is 112 Å². The van der Waals surface area contributed by atoms with Crippen LogP contribution in [0.25, 0.3) is 0 Å². The van der Waals surface area contributed by atoms with Crippen LogP contribution in [0.1, 0.15) is 40.4 Å². The number of amides is 1. The molecule has 4 nitrogen and oxygen atoms in total. The summed E-state index contributed by atoms with van der Waals surface area (Å²) < 4.78 is 5.40. The molecule has 100 valence electrons. The van der Waals surface area contributed by atoms with Crippen LogP contribution in [0.15, 0.2) is 34.7 Å². The molecule has 0 saturated heterocycles. The van der Waals surface area contributed by atoms with Crippen molar-refractivity contribution >= 4 is 11.6 Å². The van der Waals surface area contributed by atoms with Crippen molar-refractivity contribution in [1.29, 1.82) is 0 Å². The quantitative estimate of drug-likeness (QED) is 0.888. The predicted molar refractivity (Wildman–Crippen MR) is 75.2 cm³/mol. The standard InChI is InChI=1S/C15H18N2O2/c1-9-4-5-12(8-10(9)2)17-15(18)14-7-6-13(19-14)11(3)16/h4-8,11H,16H2,1-3H3,(H,17,18). The first-order chi connectivity index (χ1) is 8.97. The number of carbonyl (C=O) groups excluding carboxylic acids is 1. The number of rotatable bonds is 3. The Bertz CT molecular complexity index is 600. The van der Waals surface area contributed by atoms with Gasteiger partial charge in [-0.2, -0.15) is 0 Å². The summed E-state index contributed by atoms with van der Waals surface area (Å²) >= 11 is 0. The monoisotopic (exact) mass is 258 g/mol. The highest BCUT2D eigenvalue weighted by atomic mass is 16.4. The number of nitrogens with two attached hydrogens (primary N) is 1. The molecule has 2 rings (SSSR count). The Morgan fingerprint density at radius 1 is 1.21 bits per heavy atom. The number of hydrogen-bond acceptors (Lipinski definition) is 3. The number of furan rings is 1. The van der Waals surface area contributed by atoms with Gasteiger partial charge in [-0.15, -0.1) is 0 Å². The van der Waals surface area contributed by atoms with Crippen LogP contribution in [0.2, 0.25) is 0 Å². The Hall–Kier alpha value is -2.07. The number of carbonyl (C=O) groups is 1. The molecule has 1 atom stereocenters. The summed E-state index contributed by atoms with van der Waals surface area (Å²) in [5, 5.41) is 2.81. The van der Waals surface area contributed by atoms with Gasteiger partial charge in [-0.05, 0) is 56.2 Å². The lowest BCUT2D eigenvalue weighted by atomic mass is 10.1. The Kier molecular flexibility index (Phi) is 3.71. The lowest BCUT2D eigenvalue weighted by molar-refractivity contribution is 0.0994. The van der Waals surface area contributed by atoms with Crippen LogP contribution in [0.4, 0.5) is 5.69 Å². The molecule has 0 fully saturated rings. The highest BCUT2D eigenvalue weighted by Gasteiger charge is 2.13. The zero-order valence-electron chi connectivity index (χ0n) is 11.4. The van der Waals surface area contributed by atoms with Crippen molar-refractivity contribution in [3.8, 4) is 0 Å². The molecule has 0 aliphatic heterocycles. The third kappa shape index (κ3) is 3.03. The third-order valence-electron chi connectivity index (χ3n) is 3.06. The van der Waals surface area contributed by atoms with Gasteiger partial charge in [0.15, 0.2) is 5.76 Å². The van der Waals surface area contributed by atoms with E-state index < -0.39 is 0 Å². The van der Waals surface area contributed by atoms with E-state index >= 15 is 0 Å². The molecule has 0 aliphatic carbocycles. The zero-order chi connectivity index (χ0) is 14.0. The first-order valence-electron chi connectivity index (χ1n) is 6.21. The fourth-order valence-electron chi connectivity index (χ4n) is 1.73. The molecule has 4 heteroatoms. The maximum absolute atomic E-state index is 12.0. The Balaban J connectivity index is 2.13. The Morgan fingerprint density at radius 3 is 2.53 bits per heavy atom. The van der Waals surface area contributed by atoms with Crippen molar-refractivity contribution in [2.45, 2.75) is 26.8 Å². The van der Waals surface area contributed by atoms with E-state index in [0.29, 0.717) is 5.76 Å². The molecule has 2 aromatic rings. The van der Waals surface area contributed by atoms with Crippen LogP contribution < -0.4 is 11.1 Å². The molecule has 19 heavy (non-hydrogen) atoms. The van der Waals surface area contributed by atoms with Crippen molar-refractivity contribution in [3.63, 3.8) is 0 Å².